The van der Waals surface area contributed by atoms with Crippen LogP contribution in [0.2, 0.25) is 0 Å². The number of hydrogen-bond acceptors (Lipinski definition) is 5. The minimum Gasteiger partial charge on any atom is -0.382 e. The van der Waals surface area contributed by atoms with Crippen molar-refractivity contribution < 1.29 is 13.9 Å². The largest absolute Gasteiger partial charge is 0.382 e. The monoisotopic (exact) mass is 417 g/mol. The van der Waals surface area contributed by atoms with Gasteiger partial charge in [0.1, 0.15) is 23.3 Å². The van der Waals surface area contributed by atoms with Gasteiger partial charge < -0.3 is 15.4 Å². The van der Waals surface area contributed by atoms with Gasteiger partial charge in [-0.15, -0.1) is 0 Å². The fraction of sp³-hybridized carbons (Fsp3) is 0.261. The van der Waals surface area contributed by atoms with Gasteiger partial charge in [0.2, 0.25) is 0 Å². The maximum atomic E-state index is 15.1. The van der Waals surface area contributed by atoms with E-state index in [4.69, 9.17) is 10.5 Å². The Labute approximate surface area is 177 Å². The van der Waals surface area contributed by atoms with Crippen molar-refractivity contribution in [1.29, 1.82) is 0 Å². The fourth-order valence-electron chi connectivity index (χ4n) is 4.93. The topological polar surface area (TPSA) is 85.8 Å². The zero-order valence-corrected chi connectivity index (χ0v) is 16.8. The summed E-state index contributed by atoms with van der Waals surface area (Å²) in [4.78, 5) is 23.8. The summed E-state index contributed by atoms with van der Waals surface area (Å²) in [5.41, 5.74) is 9.82. The molecule has 31 heavy (non-hydrogen) atoms. The van der Waals surface area contributed by atoms with E-state index in [0.717, 1.165) is 5.56 Å². The number of amides is 1. The lowest BCUT2D eigenvalue weighted by Gasteiger charge is -2.41. The fourth-order valence-corrected chi connectivity index (χ4v) is 4.93. The first-order chi connectivity index (χ1) is 15.0. The average molecular weight is 417 g/mol. The number of carbonyl (C=O) groups is 1. The molecule has 6 rings (SSSR count). The summed E-state index contributed by atoms with van der Waals surface area (Å²) in [6, 6.07) is 10.7. The van der Waals surface area contributed by atoms with Crippen LogP contribution in [0.15, 0.2) is 48.9 Å². The van der Waals surface area contributed by atoms with E-state index in [0.29, 0.717) is 29.5 Å². The molecule has 8 heteroatoms. The predicted octanol–water partition coefficient (Wildman–Crippen LogP) is 3.13. The summed E-state index contributed by atoms with van der Waals surface area (Å²) >= 11 is 0. The number of rotatable bonds is 1. The van der Waals surface area contributed by atoms with E-state index in [1.807, 2.05) is 25.1 Å². The molecule has 3 heterocycles. The number of benzene rings is 2. The molecule has 2 N–H and O–H groups in total. The second kappa shape index (κ2) is 6.49. The summed E-state index contributed by atoms with van der Waals surface area (Å²) in [5, 5.41) is 0. The van der Waals surface area contributed by atoms with E-state index in [9.17, 15) is 4.79 Å². The molecular weight excluding hydrogens is 397 g/mol. The molecule has 2 aromatic carbocycles. The number of ether oxygens (including phenoxy) is 1. The standard InChI is InChI=1S/C23H20FN5O2/c1-12-10-28(19-6-13-4-2-3-5-14(13)21(19)31-12)23(30)15-7-18-17(8-16(15)24)27-22(25)20-9-26-11-29(18)20/h2-5,7-9,11-12,19,21H,6,10H2,1H3,(H2,25,27)/t12-,19-,21+/m0/s1. The highest BCUT2D eigenvalue weighted by molar-refractivity contribution is 5.99. The van der Waals surface area contributed by atoms with Crippen molar-refractivity contribution >= 4 is 28.3 Å². The van der Waals surface area contributed by atoms with Crippen molar-refractivity contribution in [2.45, 2.75) is 31.6 Å². The predicted molar refractivity (Wildman–Crippen MR) is 113 cm³/mol. The van der Waals surface area contributed by atoms with Crippen molar-refractivity contribution in [3.63, 3.8) is 0 Å². The smallest absolute Gasteiger partial charge is 0.257 e. The number of carbonyl (C=O) groups excluding carboxylic acids is 1. The summed E-state index contributed by atoms with van der Waals surface area (Å²) in [7, 11) is 0. The van der Waals surface area contributed by atoms with Crippen LogP contribution in [-0.4, -0.2) is 43.9 Å². The number of nitrogens with two attached hydrogens (primary N) is 1. The molecule has 2 aromatic heterocycles. The van der Waals surface area contributed by atoms with E-state index in [-0.39, 0.29) is 35.5 Å². The zero-order valence-electron chi connectivity index (χ0n) is 16.8. The van der Waals surface area contributed by atoms with Gasteiger partial charge in [0.05, 0.1) is 41.3 Å². The van der Waals surface area contributed by atoms with Crippen LogP contribution in [0.25, 0.3) is 16.6 Å². The Balaban J connectivity index is 1.45. The molecule has 1 aliphatic heterocycles. The molecule has 1 saturated heterocycles. The van der Waals surface area contributed by atoms with Gasteiger partial charge in [0, 0.05) is 12.6 Å². The van der Waals surface area contributed by atoms with Crippen molar-refractivity contribution in [3.05, 3.63) is 71.4 Å². The third kappa shape index (κ3) is 2.64. The minimum atomic E-state index is -0.616. The first-order valence-corrected chi connectivity index (χ1v) is 10.3. The lowest BCUT2D eigenvalue weighted by molar-refractivity contribution is -0.0952. The molecule has 0 unspecified atom stereocenters. The maximum absolute atomic E-state index is 15.1. The molecule has 2 aliphatic rings. The molecular formula is C23H20FN5O2. The molecule has 1 amide bonds. The molecule has 0 spiro atoms. The molecule has 1 aliphatic carbocycles. The van der Waals surface area contributed by atoms with Crippen LogP contribution in [0.3, 0.4) is 0 Å². The number of anilines is 1. The Morgan fingerprint density at radius 1 is 1.26 bits per heavy atom. The molecule has 0 radical (unpaired) electrons. The van der Waals surface area contributed by atoms with Gasteiger partial charge in [0.15, 0.2) is 0 Å². The SMILES string of the molecule is C[C@H]1CN(C(=O)c2cc3c(cc2F)nc(N)c2cncn23)[C@H]2Cc3ccccc3[C@H]2O1. The number of aromatic nitrogens is 3. The van der Waals surface area contributed by atoms with Crippen molar-refractivity contribution in [2.75, 3.05) is 12.3 Å². The Morgan fingerprint density at radius 3 is 2.97 bits per heavy atom. The van der Waals surface area contributed by atoms with Gasteiger partial charge in [-0.3, -0.25) is 9.20 Å². The minimum absolute atomic E-state index is 0.0119. The van der Waals surface area contributed by atoms with Crippen LogP contribution >= 0.6 is 0 Å². The lowest BCUT2D eigenvalue weighted by Crippen LogP contribution is -2.52. The number of halogens is 1. The molecule has 4 aromatic rings. The summed E-state index contributed by atoms with van der Waals surface area (Å²) in [6.45, 7) is 2.35. The van der Waals surface area contributed by atoms with E-state index < -0.39 is 5.82 Å². The van der Waals surface area contributed by atoms with Crippen LogP contribution in [0.4, 0.5) is 10.2 Å². The molecule has 3 atom stereocenters. The quantitative estimate of drug-likeness (QED) is 0.514. The van der Waals surface area contributed by atoms with Gasteiger partial charge >= 0.3 is 0 Å². The second-order valence-corrected chi connectivity index (χ2v) is 8.26. The van der Waals surface area contributed by atoms with Crippen LogP contribution in [0, 0.1) is 5.82 Å². The Bertz CT molecular complexity index is 1370. The van der Waals surface area contributed by atoms with Crippen LogP contribution in [0.5, 0.6) is 0 Å². The number of imidazole rings is 1. The van der Waals surface area contributed by atoms with Gasteiger partial charge in [-0.05, 0) is 30.5 Å². The van der Waals surface area contributed by atoms with E-state index >= 15 is 4.39 Å². The van der Waals surface area contributed by atoms with Crippen LogP contribution < -0.4 is 5.73 Å². The lowest BCUT2D eigenvalue weighted by atomic mass is 10.0. The Kier molecular flexibility index (Phi) is 3.82. The van der Waals surface area contributed by atoms with E-state index in [1.165, 1.54) is 11.6 Å². The van der Waals surface area contributed by atoms with E-state index in [1.54, 1.807) is 27.9 Å². The first-order valence-electron chi connectivity index (χ1n) is 10.3. The van der Waals surface area contributed by atoms with Crippen LogP contribution in [0.1, 0.15) is 34.5 Å². The third-order valence-corrected chi connectivity index (χ3v) is 6.33. The highest BCUT2D eigenvalue weighted by Gasteiger charge is 2.44. The van der Waals surface area contributed by atoms with Gasteiger partial charge in [-0.25, -0.2) is 14.4 Å². The molecule has 7 nitrogen and oxygen atoms in total. The Morgan fingerprint density at radius 2 is 2.10 bits per heavy atom. The second-order valence-electron chi connectivity index (χ2n) is 8.26. The maximum Gasteiger partial charge on any atom is 0.257 e. The summed E-state index contributed by atoms with van der Waals surface area (Å²) in [6.07, 6.45) is 3.52. The van der Waals surface area contributed by atoms with Gasteiger partial charge in [0.25, 0.3) is 5.91 Å². The Hall–Kier alpha value is -3.52. The number of fused-ring (bicyclic) bond motifs is 6. The number of nitrogens with zero attached hydrogens (tertiary/aromatic N) is 4. The molecule has 1 fully saturated rings. The highest BCUT2D eigenvalue weighted by atomic mass is 19.1. The third-order valence-electron chi connectivity index (χ3n) is 6.33. The zero-order chi connectivity index (χ0) is 21.3. The van der Waals surface area contributed by atoms with Crippen LogP contribution in [-0.2, 0) is 11.2 Å². The number of hydrogen-bond donors (Lipinski definition) is 1. The number of nitrogen functional groups attached to an aromatic ring is 1. The summed E-state index contributed by atoms with van der Waals surface area (Å²) in [5.74, 6) is -0.699. The summed E-state index contributed by atoms with van der Waals surface area (Å²) < 4.78 is 23.0. The average Bonchev–Trinajstić information content (AvgIpc) is 3.38. The van der Waals surface area contributed by atoms with Crippen molar-refractivity contribution in [1.82, 2.24) is 19.3 Å². The molecule has 156 valence electrons. The molecule has 0 saturated carbocycles. The van der Waals surface area contributed by atoms with Crippen molar-refractivity contribution in [3.8, 4) is 0 Å². The number of morpholine rings is 1. The normalized spacial score (nSPS) is 22.6. The van der Waals surface area contributed by atoms with Gasteiger partial charge in [-0.2, -0.15) is 0 Å². The molecule has 0 bridgehead atoms. The first kappa shape index (κ1) is 18.3. The highest BCUT2D eigenvalue weighted by Crippen LogP contribution is 2.41. The van der Waals surface area contributed by atoms with E-state index in [2.05, 4.69) is 16.0 Å². The van der Waals surface area contributed by atoms with Crippen molar-refractivity contribution in [2.24, 2.45) is 0 Å². The van der Waals surface area contributed by atoms with Gasteiger partial charge in [-0.1, -0.05) is 24.3 Å².